The summed E-state index contributed by atoms with van der Waals surface area (Å²) in [7, 11) is 0. The van der Waals surface area contributed by atoms with Crippen LogP contribution in [-0.2, 0) is 0 Å². The molecular formula is C90H153+9. The van der Waals surface area contributed by atoms with Crippen molar-refractivity contribution in [2.45, 2.75) is 306 Å². The zero-order valence-corrected chi connectivity index (χ0v) is 64.4. The average Bonchev–Trinajstić information content (AvgIpc) is 2.87. The number of hydrogen-bond donors (Lipinski definition) is 0. The van der Waals surface area contributed by atoms with Gasteiger partial charge in [-0.1, -0.05) is 172 Å². The maximum atomic E-state index is 3.84. The molecule has 2 fully saturated rings. The van der Waals surface area contributed by atoms with Crippen molar-refractivity contribution in [2.75, 3.05) is 0 Å². The van der Waals surface area contributed by atoms with Crippen LogP contribution in [0, 0.1) is 58.2 Å². The third-order valence-electron chi connectivity index (χ3n) is 15.5. The maximum Gasteiger partial charge on any atom is 1.00 e. The summed E-state index contributed by atoms with van der Waals surface area (Å²) in [5, 5.41) is 0. The van der Waals surface area contributed by atoms with Gasteiger partial charge in [0.05, 0.1) is 106 Å². The van der Waals surface area contributed by atoms with Gasteiger partial charge < -0.3 is 0 Å². The molecule has 90 heavy (non-hydrogen) atoms. The maximum absolute atomic E-state index is 3.84. The summed E-state index contributed by atoms with van der Waals surface area (Å²) < 4.78 is 0. The van der Waals surface area contributed by atoms with Crippen molar-refractivity contribution in [3.8, 4) is 0 Å². The molecule has 0 radical (unpaired) electrons. The van der Waals surface area contributed by atoms with E-state index in [0.29, 0.717) is 10.8 Å². The van der Waals surface area contributed by atoms with Crippen molar-refractivity contribution >= 4 is 0 Å². The molecule has 0 spiro atoms. The zero-order chi connectivity index (χ0) is 70.7. The largest absolute Gasteiger partial charge is 1.00 e. The normalized spacial score (nSPS) is 14.1. The van der Waals surface area contributed by atoms with Crippen LogP contribution in [0.3, 0.4) is 0 Å². The summed E-state index contributed by atoms with van der Waals surface area (Å²) in [5.41, 5.74) is 13.0. The SMILES string of the molecule is C=CC(=C)CCC=C(C)C.C=CC(=C)CCC=C(C)C.C=CC(=C)CCC[C+](C)C.C=C[C+](C)CCC=C(C)C.C=C[C+](C)CCC=C(C)C.C=C[C+](C)CCC=C(C)C.C=C[C+]1CCCC(C)(C)C1.C=C[C+]1CCCC(C)(C)C1.CC1=CCC([C+](C)C)CC1.[H+].[H+]. The number of allylic oxidation sites excluding steroid dienone is 23. The lowest BCUT2D eigenvalue weighted by atomic mass is 9.72. The number of rotatable bonds is 28. The van der Waals surface area contributed by atoms with E-state index < -0.39 is 0 Å². The summed E-state index contributed by atoms with van der Waals surface area (Å²) in [4.78, 5) is 0. The van der Waals surface area contributed by atoms with E-state index in [1.54, 1.807) is 23.3 Å². The zero-order valence-electron chi connectivity index (χ0n) is 66.4. The summed E-state index contributed by atoms with van der Waals surface area (Å²) in [6.45, 7) is 89.1. The van der Waals surface area contributed by atoms with E-state index in [-0.39, 0.29) is 2.85 Å². The average molecular weight is 1240 g/mol. The van der Waals surface area contributed by atoms with Crippen LogP contribution in [0.25, 0.3) is 0 Å². The predicted octanol–water partition coefficient (Wildman–Crippen LogP) is 31.3. The fraction of sp³-hybridized carbons (Fsp3) is 0.544. The van der Waals surface area contributed by atoms with Crippen LogP contribution in [0.4, 0.5) is 0 Å². The Labute approximate surface area is 571 Å². The highest BCUT2D eigenvalue weighted by atomic mass is 14.3. The summed E-state index contributed by atoms with van der Waals surface area (Å²) in [6, 6.07) is 0. The molecule has 0 aromatic carbocycles. The standard InChI is InChI=1S/7C10H17.2C10H16/c1-8(2)10-6-4-9(3)5-7-10;2*1-4-9-6-5-7-10(2,3)8-9;6*1-5-10(4)8-6-7-9(2)3/h4,10H,5-7H2,1-3H3;2*4H,1,5-8H2,2-3H3;3*5,7H,1,6,8H2,2-4H3;5H,1,4,6-8H2,2-3H3;2*5,7H,1,4,6,8H2,2-3H3/q7*+1;;/p+2. The highest BCUT2D eigenvalue weighted by Gasteiger charge is 2.31. The molecule has 0 bridgehead atoms. The minimum atomic E-state index is 0. The molecule has 0 N–H and O–H groups in total. The first kappa shape index (κ1) is 95.8. The van der Waals surface area contributed by atoms with Crippen LogP contribution in [-0.4, -0.2) is 0 Å². The van der Waals surface area contributed by atoms with Crippen molar-refractivity contribution in [3.63, 3.8) is 0 Å². The van der Waals surface area contributed by atoms with E-state index in [9.17, 15) is 0 Å². The Hall–Kier alpha value is -5.33. The Morgan fingerprint density at radius 2 is 0.800 bits per heavy atom. The van der Waals surface area contributed by atoms with Gasteiger partial charge in [-0.05, 0) is 183 Å². The van der Waals surface area contributed by atoms with Crippen molar-refractivity contribution in [1.82, 2.24) is 0 Å². The fourth-order valence-electron chi connectivity index (χ4n) is 9.15. The van der Waals surface area contributed by atoms with Gasteiger partial charge in [0, 0.05) is 105 Å². The molecule has 0 saturated heterocycles. The molecule has 504 valence electrons. The van der Waals surface area contributed by atoms with E-state index >= 15 is 0 Å². The van der Waals surface area contributed by atoms with E-state index in [4.69, 9.17) is 0 Å². The molecule has 3 rings (SSSR count). The Bertz CT molecular complexity index is 1940. The van der Waals surface area contributed by atoms with E-state index in [1.165, 1.54) is 135 Å². The molecule has 2 saturated carbocycles. The minimum absolute atomic E-state index is 0. The van der Waals surface area contributed by atoms with Gasteiger partial charge in [-0.3, -0.25) is 0 Å². The van der Waals surface area contributed by atoms with Crippen molar-refractivity contribution in [2.24, 2.45) is 16.7 Å². The second-order valence-electron chi connectivity index (χ2n) is 28.6. The monoisotopic (exact) mass is 1230 g/mol. The lowest BCUT2D eigenvalue weighted by Gasteiger charge is -2.29. The summed E-state index contributed by atoms with van der Waals surface area (Å²) in [5.74, 6) is 11.2. The highest BCUT2D eigenvalue weighted by Crippen LogP contribution is 2.41. The lowest BCUT2D eigenvalue weighted by Crippen LogP contribution is -2.19. The molecule has 0 amide bonds. The molecule has 3 aliphatic rings. The Morgan fingerprint density at radius 3 is 1.02 bits per heavy atom. The van der Waals surface area contributed by atoms with Crippen LogP contribution in [0.15, 0.2) is 208 Å². The van der Waals surface area contributed by atoms with Gasteiger partial charge in [-0.2, -0.15) is 0 Å². The van der Waals surface area contributed by atoms with Crippen LogP contribution in [0.1, 0.15) is 309 Å². The molecule has 0 heteroatoms. The van der Waals surface area contributed by atoms with Crippen LogP contribution in [0.5, 0.6) is 0 Å². The minimum Gasteiger partial charge on any atom is -0.0988 e. The van der Waals surface area contributed by atoms with Gasteiger partial charge in [0.25, 0.3) is 0 Å². The lowest BCUT2D eigenvalue weighted by molar-refractivity contribution is 0.271. The van der Waals surface area contributed by atoms with Gasteiger partial charge in [0.2, 0.25) is 0 Å². The van der Waals surface area contributed by atoms with Gasteiger partial charge in [-0.25, -0.2) is 0 Å². The molecule has 0 nitrogen and oxygen atoms in total. The predicted molar refractivity (Wildman–Crippen MR) is 426 cm³/mol. The summed E-state index contributed by atoms with van der Waals surface area (Å²) >= 11 is 0. The first-order valence-corrected chi connectivity index (χ1v) is 34.6. The topological polar surface area (TPSA) is 0 Å². The first-order valence-electron chi connectivity index (χ1n) is 34.6. The molecule has 0 aliphatic heterocycles. The third-order valence-corrected chi connectivity index (χ3v) is 15.5. The molecule has 1 atom stereocenters. The number of hydrogen-bond acceptors (Lipinski definition) is 0. The molecule has 1 unspecified atom stereocenters. The van der Waals surface area contributed by atoms with Crippen molar-refractivity contribution in [3.05, 3.63) is 249 Å². The first-order chi connectivity index (χ1) is 42.0. The Morgan fingerprint density at radius 1 is 0.489 bits per heavy atom. The molecule has 0 aromatic heterocycles. The van der Waals surface area contributed by atoms with Gasteiger partial charge in [0.1, 0.15) is 5.92 Å². The van der Waals surface area contributed by atoms with E-state index in [2.05, 4.69) is 261 Å². The molecule has 0 aromatic rings. The second-order valence-corrected chi connectivity index (χ2v) is 28.6. The molecule has 0 heterocycles. The fourth-order valence-corrected chi connectivity index (χ4v) is 9.15. The van der Waals surface area contributed by atoms with E-state index in [1.807, 2.05) is 48.6 Å². The highest BCUT2D eigenvalue weighted by molar-refractivity contribution is 5.15. The van der Waals surface area contributed by atoms with Crippen LogP contribution < -0.4 is 0 Å². The van der Waals surface area contributed by atoms with Crippen LogP contribution >= 0.6 is 0 Å². The van der Waals surface area contributed by atoms with Crippen LogP contribution in [0.2, 0.25) is 0 Å². The molecule has 3 aliphatic carbocycles. The van der Waals surface area contributed by atoms with Crippen molar-refractivity contribution < 1.29 is 2.85 Å². The van der Waals surface area contributed by atoms with Gasteiger partial charge in [0.15, 0.2) is 0 Å². The quantitative estimate of drug-likeness (QED) is 0.0416. The van der Waals surface area contributed by atoms with Gasteiger partial charge in [-0.15, -0.1) is 0 Å². The van der Waals surface area contributed by atoms with Gasteiger partial charge >= 0.3 is 2.85 Å². The van der Waals surface area contributed by atoms with E-state index in [0.717, 1.165) is 93.3 Å². The molecular weight excluding hydrogens is 1080 g/mol. The second kappa shape index (κ2) is 62.5. The summed E-state index contributed by atoms with van der Waals surface area (Å²) in [6.07, 6.45) is 58.2. The third kappa shape index (κ3) is 76.9. The smallest absolute Gasteiger partial charge is 0.0988 e. The Kier molecular flexibility index (Phi) is 66.5. The Balaban J connectivity index is -0.000000143. The van der Waals surface area contributed by atoms with Crippen molar-refractivity contribution in [1.29, 1.82) is 0 Å².